The first-order chi connectivity index (χ1) is 50.7. The third-order valence-corrected chi connectivity index (χ3v) is 18.5. The number of phosphoric acid groups is 2. The molecule has 0 fully saturated rings. The maximum absolute atomic E-state index is 13.1. The Labute approximate surface area is 631 Å². The third kappa shape index (κ3) is 75.4. The number of aliphatic hydroxyl groups excluding tert-OH is 1. The van der Waals surface area contributed by atoms with Gasteiger partial charge in [-0.25, -0.2) is 9.13 Å². The summed E-state index contributed by atoms with van der Waals surface area (Å²) in [5.74, 6) is -2.26. The highest BCUT2D eigenvalue weighted by Gasteiger charge is 2.30. The highest BCUT2D eigenvalue weighted by molar-refractivity contribution is 7.47. The largest absolute Gasteiger partial charge is 0.472 e. The first-order valence-corrected chi connectivity index (χ1v) is 43.4. The monoisotopic (exact) mass is 1500 g/mol. The molecule has 0 bridgehead atoms. The van der Waals surface area contributed by atoms with Crippen molar-refractivity contribution in [2.24, 2.45) is 0 Å². The Balaban J connectivity index is 5.43. The molecule has 0 heterocycles. The zero-order valence-electron chi connectivity index (χ0n) is 65.2. The minimum absolute atomic E-state index is 0.0683. The van der Waals surface area contributed by atoms with Crippen LogP contribution in [0.25, 0.3) is 0 Å². The van der Waals surface area contributed by atoms with Crippen molar-refractivity contribution in [1.29, 1.82) is 0 Å². The fraction of sp³-hybridized carbons (Fsp3) is 0.694. The standard InChI is InChI=1S/C85H144O17P2/c1-5-9-13-17-21-25-29-33-37-39-43-46-50-54-58-62-66-70-83(88)96-76-81(102-85(90)72-68-64-60-56-52-48-44-40-38-34-30-26-22-18-14-10-6-2)78-100-104(93,94)98-74-79(86)73-97-103(91,92)99-77-80(101-84(89)71-67-63-59-55-51-47-42-36-32-28-24-20-16-12-8-4)75-95-82(87)69-65-61-57-53-49-45-41-35-31-27-23-19-15-11-7-3/h9-11,13-15,21-23,25-27,33-35,37-38,41,43,46,54,58,79-81,86H,5-8,12,16-20,24,28-32,36,39-40,42,44-45,47-53,55-57,59-78H2,1-4H3,(H,91,92)(H,93,94)/b13-9-,14-10-,15-11-,25-21-,26-22-,27-23-,37-33-,38-34-,41-35-,46-43-,58-54-. The lowest BCUT2D eigenvalue weighted by atomic mass is 10.0. The first kappa shape index (κ1) is 99.2. The fourth-order valence-electron chi connectivity index (χ4n) is 10.6. The van der Waals surface area contributed by atoms with Gasteiger partial charge in [0, 0.05) is 25.7 Å². The van der Waals surface area contributed by atoms with E-state index in [0.717, 1.165) is 173 Å². The van der Waals surface area contributed by atoms with Crippen LogP contribution in [0.15, 0.2) is 134 Å². The topological polar surface area (TPSA) is 237 Å². The third-order valence-electron chi connectivity index (χ3n) is 16.6. The molecule has 3 N–H and O–H groups in total. The zero-order valence-corrected chi connectivity index (χ0v) is 66.9. The zero-order chi connectivity index (χ0) is 76.0. The lowest BCUT2D eigenvalue weighted by molar-refractivity contribution is -0.161. The summed E-state index contributed by atoms with van der Waals surface area (Å²) in [5.41, 5.74) is 0. The molecule has 5 unspecified atom stereocenters. The molecular weight excluding hydrogens is 1350 g/mol. The summed E-state index contributed by atoms with van der Waals surface area (Å²) in [4.78, 5) is 73.1. The van der Waals surface area contributed by atoms with Crippen molar-refractivity contribution in [3.05, 3.63) is 134 Å². The summed E-state index contributed by atoms with van der Waals surface area (Å²) in [6, 6.07) is 0. The number of hydrogen-bond donors (Lipinski definition) is 3. The predicted molar refractivity (Wildman–Crippen MR) is 427 cm³/mol. The van der Waals surface area contributed by atoms with Crippen LogP contribution in [0.1, 0.15) is 323 Å². The van der Waals surface area contributed by atoms with Gasteiger partial charge >= 0.3 is 39.5 Å². The minimum Gasteiger partial charge on any atom is -0.462 e. The summed E-state index contributed by atoms with van der Waals surface area (Å²) < 4.78 is 68.6. The normalized spacial score (nSPS) is 14.6. The molecular formula is C85H144O17P2. The lowest BCUT2D eigenvalue weighted by Gasteiger charge is -2.21. The second-order valence-electron chi connectivity index (χ2n) is 26.6. The van der Waals surface area contributed by atoms with Gasteiger partial charge in [-0.15, -0.1) is 0 Å². The number of esters is 4. The molecule has 17 nitrogen and oxygen atoms in total. The van der Waals surface area contributed by atoms with Crippen molar-refractivity contribution in [3.8, 4) is 0 Å². The van der Waals surface area contributed by atoms with Crippen LogP contribution in [-0.2, 0) is 65.4 Å². The fourth-order valence-corrected chi connectivity index (χ4v) is 12.2. The van der Waals surface area contributed by atoms with E-state index in [9.17, 15) is 43.2 Å². The van der Waals surface area contributed by atoms with Crippen LogP contribution in [0.4, 0.5) is 0 Å². The summed E-state index contributed by atoms with van der Waals surface area (Å²) in [6.07, 6.45) is 85.7. The number of hydrogen-bond acceptors (Lipinski definition) is 15. The molecule has 5 atom stereocenters. The molecule has 0 aliphatic carbocycles. The Kier molecular flexibility index (Phi) is 72.9. The Bertz CT molecular complexity index is 2490. The van der Waals surface area contributed by atoms with Crippen LogP contribution < -0.4 is 0 Å². The van der Waals surface area contributed by atoms with E-state index in [1.165, 1.54) is 64.2 Å². The van der Waals surface area contributed by atoms with Gasteiger partial charge in [0.15, 0.2) is 12.2 Å². The van der Waals surface area contributed by atoms with Crippen LogP contribution in [0.3, 0.4) is 0 Å². The van der Waals surface area contributed by atoms with Crippen molar-refractivity contribution < 1.29 is 80.2 Å². The van der Waals surface area contributed by atoms with Gasteiger partial charge in [0.05, 0.1) is 26.4 Å². The van der Waals surface area contributed by atoms with Gasteiger partial charge in [0.25, 0.3) is 0 Å². The van der Waals surface area contributed by atoms with Crippen molar-refractivity contribution >= 4 is 39.5 Å². The molecule has 0 saturated carbocycles. The maximum atomic E-state index is 13.1. The lowest BCUT2D eigenvalue weighted by Crippen LogP contribution is -2.30. The number of phosphoric ester groups is 2. The minimum atomic E-state index is -5.00. The predicted octanol–water partition coefficient (Wildman–Crippen LogP) is 23.7. The van der Waals surface area contributed by atoms with Crippen LogP contribution in [0.2, 0.25) is 0 Å². The van der Waals surface area contributed by atoms with Gasteiger partial charge in [-0.1, -0.05) is 303 Å². The van der Waals surface area contributed by atoms with Crippen molar-refractivity contribution in [2.75, 3.05) is 39.6 Å². The van der Waals surface area contributed by atoms with Crippen molar-refractivity contribution in [3.63, 3.8) is 0 Å². The van der Waals surface area contributed by atoms with E-state index >= 15 is 0 Å². The summed E-state index contributed by atoms with van der Waals surface area (Å²) >= 11 is 0. The number of carbonyl (C=O) groups excluding carboxylic acids is 4. The number of allylic oxidation sites excluding steroid dienone is 22. The first-order valence-electron chi connectivity index (χ1n) is 40.4. The number of rotatable bonds is 75. The summed E-state index contributed by atoms with van der Waals surface area (Å²) in [6.45, 7) is 4.48. The van der Waals surface area contributed by atoms with Crippen molar-refractivity contribution in [2.45, 2.75) is 341 Å². The van der Waals surface area contributed by atoms with Crippen molar-refractivity contribution in [1.82, 2.24) is 0 Å². The number of unbranched alkanes of at least 4 members (excludes halogenated alkanes) is 27. The molecule has 596 valence electrons. The SMILES string of the molecule is CC/C=C\C/C=C\C/C=C\C/C=C\C/C=C\CCCC(=O)OCC(COP(=O)(O)OCC(O)COP(=O)(O)OCC(COC(=O)CCCCCCC/C=C\C/C=C\C/C=C\CC)OC(=O)CCCCCCCCCCCCCCCCC)OC(=O)CCCCCCCCC/C=C\C/C=C\C/C=C\CC. The second-order valence-corrected chi connectivity index (χ2v) is 29.5. The van der Waals surface area contributed by atoms with E-state index in [4.69, 9.17) is 37.0 Å². The highest BCUT2D eigenvalue weighted by atomic mass is 31.2. The van der Waals surface area contributed by atoms with Gasteiger partial charge in [-0.05, 0) is 128 Å². The maximum Gasteiger partial charge on any atom is 0.472 e. The molecule has 0 aliphatic rings. The van der Waals surface area contributed by atoms with Gasteiger partial charge in [-0.3, -0.25) is 37.3 Å². The molecule has 0 amide bonds. The van der Waals surface area contributed by atoms with Crippen LogP contribution >= 0.6 is 15.6 Å². The van der Waals surface area contributed by atoms with E-state index in [0.29, 0.717) is 32.1 Å². The average Bonchev–Trinajstić information content (AvgIpc) is 0.926. The van der Waals surface area contributed by atoms with Gasteiger partial charge in [0.2, 0.25) is 0 Å². The Morgan fingerprint density at radius 2 is 0.510 bits per heavy atom. The quantitative estimate of drug-likeness (QED) is 0.0169. The molecule has 0 aromatic carbocycles. The molecule has 0 saturated heterocycles. The van der Waals surface area contributed by atoms with Gasteiger partial charge in [-0.2, -0.15) is 0 Å². The summed E-state index contributed by atoms with van der Waals surface area (Å²) in [5, 5.41) is 10.6. The molecule has 104 heavy (non-hydrogen) atoms. The smallest absolute Gasteiger partial charge is 0.462 e. The van der Waals surface area contributed by atoms with Gasteiger partial charge in [0.1, 0.15) is 19.3 Å². The van der Waals surface area contributed by atoms with E-state index in [1.54, 1.807) is 0 Å². The van der Waals surface area contributed by atoms with Gasteiger partial charge < -0.3 is 33.8 Å². The molecule has 0 aliphatic heterocycles. The summed E-state index contributed by atoms with van der Waals surface area (Å²) in [7, 11) is -9.98. The van der Waals surface area contributed by atoms with E-state index in [-0.39, 0.29) is 25.7 Å². The van der Waals surface area contributed by atoms with E-state index in [2.05, 4.69) is 149 Å². The molecule has 0 spiro atoms. The molecule has 19 heteroatoms. The molecule has 0 radical (unpaired) electrons. The van der Waals surface area contributed by atoms with Crippen LogP contribution in [-0.4, -0.2) is 96.7 Å². The average molecular weight is 1500 g/mol. The Hall–Kier alpha value is -4.80. The highest BCUT2D eigenvalue weighted by Crippen LogP contribution is 2.45. The Morgan fingerprint density at radius 1 is 0.279 bits per heavy atom. The number of aliphatic hydroxyl groups is 1. The van der Waals surface area contributed by atoms with E-state index in [1.807, 2.05) is 12.2 Å². The van der Waals surface area contributed by atoms with Crippen LogP contribution in [0.5, 0.6) is 0 Å². The number of ether oxygens (including phenoxy) is 4. The second kappa shape index (κ2) is 76.4. The number of carbonyl (C=O) groups is 4. The van der Waals surface area contributed by atoms with Crippen LogP contribution in [0, 0.1) is 0 Å². The molecule has 0 aromatic rings. The molecule has 0 rings (SSSR count). The molecule has 0 aromatic heterocycles. The van der Waals surface area contributed by atoms with E-state index < -0.39 is 97.5 Å². The Morgan fingerprint density at radius 3 is 0.808 bits per heavy atom.